The number of nitrogens with zero attached hydrogens (tertiary/aromatic N) is 2. The summed E-state index contributed by atoms with van der Waals surface area (Å²) in [4.78, 5) is 17.5. The van der Waals surface area contributed by atoms with Crippen LogP contribution in [0.4, 0.5) is 0 Å². The van der Waals surface area contributed by atoms with Crippen molar-refractivity contribution in [2.24, 2.45) is 0 Å². The highest BCUT2D eigenvalue weighted by atomic mass is 16.5. The molecule has 3 rings (SSSR count). The molecule has 5 nitrogen and oxygen atoms in total. The minimum atomic E-state index is 0.0223. The highest BCUT2D eigenvalue weighted by Gasteiger charge is 2.31. The van der Waals surface area contributed by atoms with E-state index in [1.807, 2.05) is 6.07 Å². The summed E-state index contributed by atoms with van der Waals surface area (Å²) in [6, 6.07) is 10.9. The number of benzene rings is 1. The summed E-state index contributed by atoms with van der Waals surface area (Å²) >= 11 is 0. The first-order chi connectivity index (χ1) is 12.3. The van der Waals surface area contributed by atoms with Crippen LogP contribution in [0.25, 0.3) is 0 Å². The maximum absolute atomic E-state index is 12.7. The normalized spacial score (nSPS) is 24.7. The number of ether oxygens (including phenoxy) is 1. The third-order valence-electron chi connectivity index (χ3n) is 5.49. The van der Waals surface area contributed by atoms with Crippen LogP contribution in [0.15, 0.2) is 30.3 Å². The lowest BCUT2D eigenvalue weighted by Crippen LogP contribution is -2.47. The van der Waals surface area contributed by atoms with E-state index in [-0.39, 0.29) is 11.9 Å². The summed E-state index contributed by atoms with van der Waals surface area (Å²) < 4.78 is 5.19. The van der Waals surface area contributed by atoms with Crippen molar-refractivity contribution in [2.75, 3.05) is 39.9 Å². The van der Waals surface area contributed by atoms with Crippen molar-refractivity contribution in [1.82, 2.24) is 15.1 Å². The van der Waals surface area contributed by atoms with Gasteiger partial charge in [0.15, 0.2) is 0 Å². The lowest BCUT2D eigenvalue weighted by atomic mass is 10.1. The topological polar surface area (TPSA) is 44.8 Å². The largest absolute Gasteiger partial charge is 0.383 e. The maximum Gasteiger partial charge on any atom is 0.237 e. The molecule has 2 saturated heterocycles. The van der Waals surface area contributed by atoms with E-state index in [4.69, 9.17) is 4.74 Å². The van der Waals surface area contributed by atoms with Gasteiger partial charge in [-0.05, 0) is 44.3 Å². The van der Waals surface area contributed by atoms with Gasteiger partial charge in [-0.1, -0.05) is 30.3 Å². The number of hydrogen-bond donors (Lipinski definition) is 1. The van der Waals surface area contributed by atoms with Crippen molar-refractivity contribution in [2.45, 2.75) is 44.3 Å². The first-order valence-electron chi connectivity index (χ1n) is 9.56. The number of carbonyl (C=O) groups excluding carboxylic acids is 1. The molecule has 2 aliphatic heterocycles. The standard InChI is InChI=1S/C20H31N3O2/c1-25-14-13-22-11-5-9-18(22)15-21-20(24)19-10-6-12-23(19)16-17-7-3-2-4-8-17/h2-4,7-8,18-19H,5-6,9-16H2,1H3,(H,21,24). The molecule has 0 saturated carbocycles. The van der Waals surface area contributed by atoms with Gasteiger partial charge in [-0.2, -0.15) is 0 Å². The van der Waals surface area contributed by atoms with E-state index in [2.05, 4.69) is 39.4 Å². The summed E-state index contributed by atoms with van der Waals surface area (Å²) in [5.74, 6) is 0.201. The molecule has 1 aromatic carbocycles. The van der Waals surface area contributed by atoms with Crippen LogP contribution in [0, 0.1) is 0 Å². The highest BCUT2D eigenvalue weighted by molar-refractivity contribution is 5.82. The Kier molecular flexibility index (Phi) is 6.84. The minimum Gasteiger partial charge on any atom is -0.383 e. The summed E-state index contributed by atoms with van der Waals surface area (Å²) in [5, 5.41) is 3.23. The monoisotopic (exact) mass is 345 g/mol. The van der Waals surface area contributed by atoms with Crippen LogP contribution < -0.4 is 5.32 Å². The average molecular weight is 345 g/mol. The molecule has 5 heteroatoms. The van der Waals surface area contributed by atoms with Gasteiger partial charge in [0, 0.05) is 32.8 Å². The molecule has 1 aromatic rings. The summed E-state index contributed by atoms with van der Waals surface area (Å²) in [7, 11) is 1.74. The van der Waals surface area contributed by atoms with E-state index in [0.29, 0.717) is 6.04 Å². The Hall–Kier alpha value is -1.43. The van der Waals surface area contributed by atoms with Gasteiger partial charge in [0.25, 0.3) is 0 Å². The molecule has 0 radical (unpaired) electrons. The maximum atomic E-state index is 12.7. The Balaban J connectivity index is 1.48. The SMILES string of the molecule is COCCN1CCCC1CNC(=O)C1CCCN1Cc1ccccc1. The lowest BCUT2D eigenvalue weighted by molar-refractivity contribution is -0.125. The fourth-order valence-electron chi connectivity index (χ4n) is 4.10. The Morgan fingerprint density at radius 3 is 2.72 bits per heavy atom. The molecule has 138 valence electrons. The van der Waals surface area contributed by atoms with Crippen LogP contribution in [0.3, 0.4) is 0 Å². The molecule has 0 bridgehead atoms. The molecular weight excluding hydrogens is 314 g/mol. The van der Waals surface area contributed by atoms with E-state index in [9.17, 15) is 4.79 Å². The number of carbonyl (C=O) groups is 1. The molecule has 25 heavy (non-hydrogen) atoms. The fourth-order valence-corrected chi connectivity index (χ4v) is 4.10. The zero-order valence-corrected chi connectivity index (χ0v) is 15.3. The van der Waals surface area contributed by atoms with Crippen molar-refractivity contribution in [3.8, 4) is 0 Å². The molecule has 0 aromatic heterocycles. The number of hydrogen-bond acceptors (Lipinski definition) is 4. The van der Waals surface area contributed by atoms with Crippen LogP contribution in [-0.2, 0) is 16.1 Å². The average Bonchev–Trinajstić information content (AvgIpc) is 3.28. The Morgan fingerprint density at radius 1 is 1.16 bits per heavy atom. The van der Waals surface area contributed by atoms with Gasteiger partial charge in [-0.3, -0.25) is 14.6 Å². The second kappa shape index (κ2) is 9.32. The zero-order valence-electron chi connectivity index (χ0n) is 15.3. The predicted molar refractivity (Wildman–Crippen MR) is 99.4 cm³/mol. The number of methoxy groups -OCH3 is 1. The molecule has 2 unspecified atom stereocenters. The van der Waals surface area contributed by atoms with Gasteiger partial charge in [0.1, 0.15) is 0 Å². The number of nitrogens with one attached hydrogen (secondary N) is 1. The zero-order chi connectivity index (χ0) is 17.5. The van der Waals surface area contributed by atoms with E-state index >= 15 is 0 Å². The molecular formula is C20H31N3O2. The summed E-state index contributed by atoms with van der Waals surface area (Å²) in [5.41, 5.74) is 1.28. The van der Waals surface area contributed by atoms with Gasteiger partial charge in [-0.25, -0.2) is 0 Å². The molecule has 1 N–H and O–H groups in total. The molecule has 0 spiro atoms. The second-order valence-electron chi connectivity index (χ2n) is 7.18. The highest BCUT2D eigenvalue weighted by Crippen LogP contribution is 2.21. The van der Waals surface area contributed by atoms with E-state index in [0.717, 1.165) is 52.2 Å². The first-order valence-corrected chi connectivity index (χ1v) is 9.56. The van der Waals surface area contributed by atoms with Crippen molar-refractivity contribution in [3.63, 3.8) is 0 Å². The van der Waals surface area contributed by atoms with E-state index < -0.39 is 0 Å². The van der Waals surface area contributed by atoms with Crippen LogP contribution in [0.2, 0.25) is 0 Å². The van der Waals surface area contributed by atoms with Gasteiger partial charge >= 0.3 is 0 Å². The van der Waals surface area contributed by atoms with E-state index in [1.54, 1.807) is 7.11 Å². The molecule has 2 heterocycles. The minimum absolute atomic E-state index is 0.0223. The predicted octanol–water partition coefficient (Wildman–Crippen LogP) is 1.88. The third-order valence-corrected chi connectivity index (χ3v) is 5.49. The first kappa shape index (κ1) is 18.4. The molecule has 2 aliphatic rings. The number of amides is 1. The Morgan fingerprint density at radius 2 is 1.92 bits per heavy atom. The van der Waals surface area contributed by atoms with Crippen LogP contribution in [-0.4, -0.2) is 67.7 Å². The smallest absolute Gasteiger partial charge is 0.237 e. The van der Waals surface area contributed by atoms with Crippen molar-refractivity contribution >= 4 is 5.91 Å². The quantitative estimate of drug-likeness (QED) is 0.781. The van der Waals surface area contributed by atoms with Gasteiger partial charge in [-0.15, -0.1) is 0 Å². The van der Waals surface area contributed by atoms with Crippen molar-refractivity contribution < 1.29 is 9.53 Å². The molecule has 2 atom stereocenters. The van der Waals surface area contributed by atoms with E-state index in [1.165, 1.54) is 18.4 Å². The number of rotatable bonds is 8. The fraction of sp³-hybridized carbons (Fsp3) is 0.650. The van der Waals surface area contributed by atoms with Gasteiger partial charge in [0.05, 0.1) is 12.6 Å². The molecule has 2 fully saturated rings. The van der Waals surface area contributed by atoms with Gasteiger partial charge in [0.2, 0.25) is 5.91 Å². The number of likely N-dealkylation sites (tertiary alicyclic amines) is 2. The Bertz CT molecular complexity index is 537. The van der Waals surface area contributed by atoms with Crippen molar-refractivity contribution in [1.29, 1.82) is 0 Å². The van der Waals surface area contributed by atoms with Crippen LogP contribution in [0.5, 0.6) is 0 Å². The Labute approximate surface area is 151 Å². The van der Waals surface area contributed by atoms with Gasteiger partial charge < -0.3 is 10.1 Å². The van der Waals surface area contributed by atoms with Crippen LogP contribution in [0.1, 0.15) is 31.2 Å². The third kappa shape index (κ3) is 5.03. The molecule has 1 amide bonds. The molecule has 0 aliphatic carbocycles. The second-order valence-corrected chi connectivity index (χ2v) is 7.18. The lowest BCUT2D eigenvalue weighted by Gasteiger charge is -2.27. The van der Waals surface area contributed by atoms with Crippen LogP contribution >= 0.6 is 0 Å². The van der Waals surface area contributed by atoms with Crippen molar-refractivity contribution in [3.05, 3.63) is 35.9 Å². The summed E-state index contributed by atoms with van der Waals surface area (Å²) in [6.45, 7) is 5.48. The summed E-state index contributed by atoms with van der Waals surface area (Å²) in [6.07, 6.45) is 4.46.